The number of hydrogen-bond donors (Lipinski definition) is 1. The van der Waals surface area contributed by atoms with Crippen LogP contribution in [0.25, 0.3) is 11.0 Å². The quantitative estimate of drug-likeness (QED) is 0.681. The van der Waals surface area contributed by atoms with Gasteiger partial charge in [0, 0.05) is 19.0 Å². The molecule has 7 heteroatoms. The summed E-state index contributed by atoms with van der Waals surface area (Å²) in [6, 6.07) is 15.6. The molecule has 1 aliphatic rings. The lowest BCUT2D eigenvalue weighted by atomic mass is 9.96. The SMILES string of the molecule is Cc1ccc(OCc2nc3ccccc3n2CC(=O)N2CCC(C(N)=O)CC2)cc1. The summed E-state index contributed by atoms with van der Waals surface area (Å²) in [7, 11) is 0. The highest BCUT2D eigenvalue weighted by Crippen LogP contribution is 2.21. The van der Waals surface area contributed by atoms with Gasteiger partial charge in [0.25, 0.3) is 0 Å². The van der Waals surface area contributed by atoms with Crippen molar-refractivity contribution < 1.29 is 14.3 Å². The molecule has 2 N–H and O–H groups in total. The van der Waals surface area contributed by atoms with E-state index in [-0.39, 0.29) is 30.9 Å². The number of fused-ring (bicyclic) bond motifs is 1. The summed E-state index contributed by atoms with van der Waals surface area (Å²) < 4.78 is 7.85. The van der Waals surface area contributed by atoms with Crippen LogP contribution in [0.1, 0.15) is 24.2 Å². The van der Waals surface area contributed by atoms with Gasteiger partial charge < -0.3 is 19.9 Å². The van der Waals surface area contributed by atoms with Crippen LogP contribution in [0.5, 0.6) is 5.75 Å². The minimum atomic E-state index is -0.279. The Morgan fingerprint density at radius 3 is 2.50 bits per heavy atom. The van der Waals surface area contributed by atoms with E-state index in [0.29, 0.717) is 31.8 Å². The second-order valence-electron chi connectivity index (χ2n) is 7.76. The molecule has 1 fully saturated rings. The number of nitrogens with two attached hydrogens (primary N) is 1. The molecule has 0 spiro atoms. The zero-order valence-electron chi connectivity index (χ0n) is 17.1. The number of ether oxygens (including phenoxy) is 1. The molecule has 1 aromatic heterocycles. The Labute approximate surface area is 175 Å². The number of aromatic nitrogens is 2. The number of hydrogen-bond acceptors (Lipinski definition) is 4. The molecule has 3 aromatic rings. The number of amides is 2. The number of aryl methyl sites for hydroxylation is 1. The van der Waals surface area contributed by atoms with Crippen LogP contribution in [-0.4, -0.2) is 39.4 Å². The lowest BCUT2D eigenvalue weighted by molar-refractivity contribution is -0.135. The van der Waals surface area contributed by atoms with Crippen molar-refractivity contribution >= 4 is 22.8 Å². The maximum absolute atomic E-state index is 13.0. The van der Waals surface area contributed by atoms with Crippen LogP contribution >= 0.6 is 0 Å². The van der Waals surface area contributed by atoms with Crippen molar-refractivity contribution in [3.05, 3.63) is 59.9 Å². The van der Waals surface area contributed by atoms with Crippen LogP contribution in [-0.2, 0) is 22.7 Å². The second-order valence-corrected chi connectivity index (χ2v) is 7.76. The van der Waals surface area contributed by atoms with E-state index in [1.54, 1.807) is 4.90 Å². The van der Waals surface area contributed by atoms with Crippen LogP contribution in [0.3, 0.4) is 0 Å². The molecule has 0 atom stereocenters. The van der Waals surface area contributed by atoms with E-state index in [4.69, 9.17) is 10.5 Å². The molecule has 2 amide bonds. The number of piperidine rings is 1. The van der Waals surface area contributed by atoms with Crippen LogP contribution in [0.2, 0.25) is 0 Å². The lowest BCUT2D eigenvalue weighted by Crippen LogP contribution is -2.43. The molecule has 0 bridgehead atoms. The van der Waals surface area contributed by atoms with Crippen LogP contribution in [0, 0.1) is 12.8 Å². The van der Waals surface area contributed by atoms with Crippen molar-refractivity contribution in [1.29, 1.82) is 0 Å². The summed E-state index contributed by atoms with van der Waals surface area (Å²) in [4.78, 5) is 30.8. The van der Waals surface area contributed by atoms with E-state index in [0.717, 1.165) is 16.8 Å². The molecule has 1 aliphatic heterocycles. The number of para-hydroxylation sites is 2. The van der Waals surface area contributed by atoms with E-state index in [9.17, 15) is 9.59 Å². The molecule has 7 nitrogen and oxygen atoms in total. The number of imidazole rings is 1. The van der Waals surface area contributed by atoms with Gasteiger partial charge in [-0.2, -0.15) is 0 Å². The minimum absolute atomic E-state index is 0.0117. The fourth-order valence-corrected chi connectivity index (χ4v) is 3.84. The van der Waals surface area contributed by atoms with Gasteiger partial charge in [-0.05, 0) is 44.0 Å². The average Bonchev–Trinajstić information content (AvgIpc) is 3.11. The fraction of sp³-hybridized carbons (Fsp3) is 0.348. The summed E-state index contributed by atoms with van der Waals surface area (Å²) in [6.07, 6.45) is 1.24. The Kier molecular flexibility index (Phi) is 5.70. The third kappa shape index (κ3) is 4.30. The summed E-state index contributed by atoms with van der Waals surface area (Å²) >= 11 is 0. The molecule has 0 radical (unpaired) electrons. The Bertz CT molecular complexity index is 1050. The molecule has 0 aliphatic carbocycles. The molecule has 4 rings (SSSR count). The first kappa shape index (κ1) is 19.9. The Morgan fingerprint density at radius 2 is 1.80 bits per heavy atom. The minimum Gasteiger partial charge on any atom is -0.486 e. The molecule has 2 aromatic carbocycles. The van der Waals surface area contributed by atoms with Crippen molar-refractivity contribution in [2.24, 2.45) is 11.7 Å². The van der Waals surface area contributed by atoms with E-state index >= 15 is 0 Å². The van der Waals surface area contributed by atoms with Gasteiger partial charge in [-0.15, -0.1) is 0 Å². The zero-order valence-corrected chi connectivity index (χ0v) is 17.1. The molecular formula is C23H26N4O3. The lowest BCUT2D eigenvalue weighted by Gasteiger charge is -2.30. The maximum Gasteiger partial charge on any atom is 0.242 e. The summed E-state index contributed by atoms with van der Waals surface area (Å²) in [5.74, 6) is 1.06. The summed E-state index contributed by atoms with van der Waals surface area (Å²) in [6.45, 7) is 3.59. The molecular weight excluding hydrogens is 380 g/mol. The van der Waals surface area contributed by atoms with Gasteiger partial charge >= 0.3 is 0 Å². The highest BCUT2D eigenvalue weighted by molar-refractivity contribution is 5.82. The van der Waals surface area contributed by atoms with Gasteiger partial charge in [0.05, 0.1) is 11.0 Å². The first-order valence-corrected chi connectivity index (χ1v) is 10.2. The number of carbonyl (C=O) groups excluding carboxylic acids is 2. The van der Waals surface area contributed by atoms with Crippen molar-refractivity contribution in [2.45, 2.75) is 32.9 Å². The molecule has 0 saturated carbocycles. The van der Waals surface area contributed by atoms with Crippen LogP contribution in [0.4, 0.5) is 0 Å². The third-order valence-corrected chi connectivity index (χ3v) is 5.67. The van der Waals surface area contributed by atoms with Crippen LogP contribution < -0.4 is 10.5 Å². The van der Waals surface area contributed by atoms with Gasteiger partial charge in [0.2, 0.25) is 11.8 Å². The number of rotatable bonds is 6. The van der Waals surface area contributed by atoms with Gasteiger partial charge in [0.1, 0.15) is 24.7 Å². The van der Waals surface area contributed by atoms with E-state index in [1.807, 2.05) is 60.0 Å². The van der Waals surface area contributed by atoms with Crippen molar-refractivity contribution in [2.75, 3.05) is 13.1 Å². The third-order valence-electron chi connectivity index (χ3n) is 5.67. The number of primary amides is 1. The predicted molar refractivity (Wildman–Crippen MR) is 114 cm³/mol. The van der Waals surface area contributed by atoms with Gasteiger partial charge in [0.15, 0.2) is 0 Å². The molecule has 30 heavy (non-hydrogen) atoms. The molecule has 1 saturated heterocycles. The molecule has 156 valence electrons. The second kappa shape index (κ2) is 8.57. The number of carbonyl (C=O) groups is 2. The standard InChI is InChI=1S/C23H26N4O3/c1-16-6-8-18(9-7-16)30-15-21-25-19-4-2-3-5-20(19)27(21)14-22(28)26-12-10-17(11-13-26)23(24)29/h2-9,17H,10-15H2,1H3,(H2,24,29). The van der Waals surface area contributed by atoms with Crippen LogP contribution in [0.15, 0.2) is 48.5 Å². The highest BCUT2D eigenvalue weighted by Gasteiger charge is 2.26. The topological polar surface area (TPSA) is 90.5 Å². The molecule has 2 heterocycles. The first-order chi connectivity index (χ1) is 14.5. The van der Waals surface area contributed by atoms with E-state index < -0.39 is 0 Å². The zero-order chi connectivity index (χ0) is 21.1. The van der Waals surface area contributed by atoms with Crippen molar-refractivity contribution in [3.8, 4) is 5.75 Å². The normalized spacial score (nSPS) is 14.8. The largest absolute Gasteiger partial charge is 0.486 e. The van der Waals surface area contributed by atoms with Crippen molar-refractivity contribution in [1.82, 2.24) is 14.5 Å². The Balaban J connectivity index is 1.51. The molecule has 0 unspecified atom stereocenters. The average molecular weight is 406 g/mol. The predicted octanol–water partition coefficient (Wildman–Crippen LogP) is 2.65. The number of likely N-dealkylation sites (tertiary alicyclic amines) is 1. The van der Waals surface area contributed by atoms with Gasteiger partial charge in [-0.25, -0.2) is 4.98 Å². The Hall–Kier alpha value is -3.35. The first-order valence-electron chi connectivity index (χ1n) is 10.2. The van der Waals surface area contributed by atoms with Gasteiger partial charge in [-0.3, -0.25) is 9.59 Å². The summed E-state index contributed by atoms with van der Waals surface area (Å²) in [5.41, 5.74) is 8.30. The van der Waals surface area contributed by atoms with E-state index in [2.05, 4.69) is 4.98 Å². The van der Waals surface area contributed by atoms with Gasteiger partial charge in [-0.1, -0.05) is 29.8 Å². The Morgan fingerprint density at radius 1 is 1.10 bits per heavy atom. The smallest absolute Gasteiger partial charge is 0.242 e. The monoisotopic (exact) mass is 406 g/mol. The van der Waals surface area contributed by atoms with E-state index in [1.165, 1.54) is 5.56 Å². The fourth-order valence-electron chi connectivity index (χ4n) is 3.84. The van der Waals surface area contributed by atoms with Crippen molar-refractivity contribution in [3.63, 3.8) is 0 Å². The maximum atomic E-state index is 13.0. The number of benzene rings is 2. The number of nitrogens with zero attached hydrogens (tertiary/aromatic N) is 3. The summed E-state index contributed by atoms with van der Waals surface area (Å²) in [5, 5.41) is 0. The highest BCUT2D eigenvalue weighted by atomic mass is 16.5.